The molecule has 0 atom stereocenters. The molecule has 28 heavy (non-hydrogen) atoms. The number of piperidine rings is 1. The van der Waals surface area contributed by atoms with E-state index in [1.165, 1.54) is 13.3 Å². The van der Waals surface area contributed by atoms with Gasteiger partial charge in [0.25, 0.3) is 5.91 Å². The highest BCUT2D eigenvalue weighted by Crippen LogP contribution is 2.38. The van der Waals surface area contributed by atoms with Gasteiger partial charge in [0.2, 0.25) is 0 Å². The van der Waals surface area contributed by atoms with Crippen LogP contribution in [-0.2, 0) is 0 Å². The smallest absolute Gasteiger partial charge is 0.391 e. The molecule has 152 valence electrons. The second-order valence-corrected chi connectivity index (χ2v) is 7.37. The highest BCUT2D eigenvalue weighted by atomic mass is 19.4. The van der Waals surface area contributed by atoms with Gasteiger partial charge in [-0.3, -0.25) is 9.78 Å². The Morgan fingerprint density at radius 1 is 1.25 bits per heavy atom. The third kappa shape index (κ3) is 4.31. The number of nitrogens with one attached hydrogen (secondary N) is 1. The number of pyridine rings is 1. The summed E-state index contributed by atoms with van der Waals surface area (Å²) in [6, 6.07) is 5.30. The number of ether oxygens (including phenoxy) is 1. The summed E-state index contributed by atoms with van der Waals surface area (Å²) in [5.41, 5.74) is 1.80. The lowest BCUT2D eigenvalue weighted by Crippen LogP contribution is -2.39. The summed E-state index contributed by atoms with van der Waals surface area (Å²) < 4.78 is 44.3. The molecule has 5 nitrogen and oxygen atoms in total. The molecule has 0 unspecified atom stereocenters. The average Bonchev–Trinajstić information content (AvgIpc) is 2.65. The fourth-order valence-corrected chi connectivity index (χ4v) is 3.48. The number of benzene rings is 1. The molecule has 0 saturated carbocycles. The van der Waals surface area contributed by atoms with E-state index in [2.05, 4.69) is 10.3 Å². The number of aromatic nitrogens is 1. The number of alkyl halides is 3. The van der Waals surface area contributed by atoms with Crippen molar-refractivity contribution in [1.29, 1.82) is 0 Å². The van der Waals surface area contributed by atoms with E-state index in [9.17, 15) is 18.0 Å². The van der Waals surface area contributed by atoms with Crippen LogP contribution in [0, 0.1) is 5.92 Å². The van der Waals surface area contributed by atoms with Crippen molar-refractivity contribution in [1.82, 2.24) is 10.3 Å². The quantitative estimate of drug-likeness (QED) is 0.845. The van der Waals surface area contributed by atoms with Crippen LogP contribution in [0.5, 0.6) is 5.75 Å². The van der Waals surface area contributed by atoms with Gasteiger partial charge < -0.3 is 15.0 Å². The van der Waals surface area contributed by atoms with Crippen molar-refractivity contribution in [2.45, 2.75) is 38.9 Å². The Labute approximate surface area is 161 Å². The topological polar surface area (TPSA) is 54.5 Å². The molecular formula is C20H24F3N3O2. The van der Waals surface area contributed by atoms with Crippen LogP contribution in [0.25, 0.3) is 10.9 Å². The van der Waals surface area contributed by atoms with Crippen molar-refractivity contribution in [2.75, 3.05) is 25.1 Å². The minimum Gasteiger partial charge on any atom is -0.497 e. The largest absolute Gasteiger partial charge is 0.497 e. The van der Waals surface area contributed by atoms with Crippen molar-refractivity contribution < 1.29 is 22.7 Å². The predicted octanol–water partition coefficient (Wildman–Crippen LogP) is 4.16. The van der Waals surface area contributed by atoms with Gasteiger partial charge in [-0.15, -0.1) is 0 Å². The summed E-state index contributed by atoms with van der Waals surface area (Å²) in [6.07, 6.45) is -2.55. The number of rotatable bonds is 4. The predicted molar refractivity (Wildman–Crippen MR) is 102 cm³/mol. The molecule has 1 aliphatic heterocycles. The fourth-order valence-electron chi connectivity index (χ4n) is 3.48. The molecule has 3 rings (SSSR count). The number of halogens is 3. The summed E-state index contributed by atoms with van der Waals surface area (Å²) in [6.45, 7) is 4.34. The lowest BCUT2D eigenvalue weighted by Gasteiger charge is -2.34. The maximum Gasteiger partial charge on any atom is 0.391 e. The number of nitrogens with zero attached hydrogens (tertiary/aromatic N) is 2. The number of amides is 1. The number of methoxy groups -OCH3 is 1. The first-order valence-electron chi connectivity index (χ1n) is 9.29. The van der Waals surface area contributed by atoms with Gasteiger partial charge in [-0.25, -0.2) is 0 Å². The Bertz CT molecular complexity index is 860. The Kier molecular flexibility index (Phi) is 5.67. The van der Waals surface area contributed by atoms with Crippen LogP contribution in [-0.4, -0.2) is 43.3 Å². The molecule has 2 aromatic rings. The van der Waals surface area contributed by atoms with Gasteiger partial charge in [-0.1, -0.05) is 0 Å². The molecule has 0 radical (unpaired) electrons. The maximum atomic E-state index is 13.0. The Morgan fingerprint density at radius 2 is 1.93 bits per heavy atom. The van der Waals surface area contributed by atoms with Gasteiger partial charge in [0.1, 0.15) is 5.75 Å². The summed E-state index contributed by atoms with van der Waals surface area (Å²) in [4.78, 5) is 18.6. The van der Waals surface area contributed by atoms with Gasteiger partial charge in [0.15, 0.2) is 0 Å². The van der Waals surface area contributed by atoms with Crippen LogP contribution in [0.4, 0.5) is 18.9 Å². The second kappa shape index (κ2) is 7.85. The molecule has 0 spiro atoms. The number of carbonyl (C=O) groups is 1. The molecule has 1 saturated heterocycles. The summed E-state index contributed by atoms with van der Waals surface area (Å²) in [7, 11) is 1.53. The zero-order valence-electron chi connectivity index (χ0n) is 16.1. The Hall–Kier alpha value is -2.51. The van der Waals surface area contributed by atoms with E-state index in [1.54, 1.807) is 18.2 Å². The maximum absolute atomic E-state index is 13.0. The molecular weight excluding hydrogens is 371 g/mol. The van der Waals surface area contributed by atoms with E-state index in [1.807, 2.05) is 18.7 Å². The molecule has 1 fully saturated rings. The van der Waals surface area contributed by atoms with Crippen molar-refractivity contribution in [3.05, 3.63) is 30.0 Å². The van der Waals surface area contributed by atoms with E-state index >= 15 is 0 Å². The van der Waals surface area contributed by atoms with E-state index in [4.69, 9.17) is 4.74 Å². The van der Waals surface area contributed by atoms with Crippen molar-refractivity contribution in [3.8, 4) is 5.75 Å². The Balaban J connectivity index is 1.93. The molecule has 8 heteroatoms. The molecule has 1 aliphatic rings. The normalized spacial score (nSPS) is 15.9. The minimum atomic E-state index is -4.15. The van der Waals surface area contributed by atoms with Crippen LogP contribution in [0.3, 0.4) is 0 Å². The third-order valence-electron chi connectivity index (χ3n) is 4.95. The summed E-state index contributed by atoms with van der Waals surface area (Å²) in [5, 5.41) is 3.53. The number of fused-ring (bicyclic) bond motifs is 1. The van der Waals surface area contributed by atoms with Crippen LogP contribution < -0.4 is 15.0 Å². The number of carbonyl (C=O) groups excluding carboxylic acids is 1. The molecule has 2 heterocycles. The molecule has 0 bridgehead atoms. The number of anilines is 1. The van der Waals surface area contributed by atoms with E-state index in [0.29, 0.717) is 35.3 Å². The lowest BCUT2D eigenvalue weighted by atomic mass is 9.95. The Morgan fingerprint density at radius 3 is 2.50 bits per heavy atom. The molecule has 0 aliphatic carbocycles. The average molecular weight is 395 g/mol. The van der Waals surface area contributed by atoms with Crippen LogP contribution in [0.1, 0.15) is 37.0 Å². The van der Waals surface area contributed by atoms with Crippen LogP contribution in [0.2, 0.25) is 0 Å². The van der Waals surface area contributed by atoms with E-state index < -0.39 is 12.1 Å². The molecule has 1 N–H and O–H groups in total. The first-order valence-corrected chi connectivity index (χ1v) is 9.29. The van der Waals surface area contributed by atoms with Gasteiger partial charge in [0, 0.05) is 36.8 Å². The van der Waals surface area contributed by atoms with Crippen molar-refractivity contribution in [3.63, 3.8) is 0 Å². The first-order chi connectivity index (χ1) is 13.2. The van der Waals surface area contributed by atoms with E-state index in [-0.39, 0.29) is 24.8 Å². The zero-order valence-corrected chi connectivity index (χ0v) is 16.1. The van der Waals surface area contributed by atoms with Gasteiger partial charge in [-0.2, -0.15) is 13.2 Å². The third-order valence-corrected chi connectivity index (χ3v) is 4.95. The SMILES string of the molecule is COc1cc(N2CCC(C(F)(F)F)CC2)c2ncc(C(=O)NC(C)C)cc2c1. The zero-order chi connectivity index (χ0) is 20.5. The summed E-state index contributed by atoms with van der Waals surface area (Å²) >= 11 is 0. The first kappa shape index (κ1) is 20.2. The molecule has 1 aromatic carbocycles. The van der Waals surface area contributed by atoms with E-state index in [0.717, 1.165) is 5.69 Å². The molecule has 1 aromatic heterocycles. The highest BCUT2D eigenvalue weighted by Gasteiger charge is 2.41. The lowest BCUT2D eigenvalue weighted by molar-refractivity contribution is -0.179. The minimum absolute atomic E-state index is 0.000930. The number of hydrogen-bond donors (Lipinski definition) is 1. The molecule has 1 amide bonds. The fraction of sp³-hybridized carbons (Fsp3) is 0.500. The van der Waals surface area contributed by atoms with Crippen LogP contribution in [0.15, 0.2) is 24.4 Å². The number of hydrogen-bond acceptors (Lipinski definition) is 4. The summed E-state index contributed by atoms with van der Waals surface area (Å²) in [5.74, 6) is -0.914. The van der Waals surface area contributed by atoms with Crippen molar-refractivity contribution in [2.24, 2.45) is 5.92 Å². The van der Waals surface area contributed by atoms with Gasteiger partial charge in [0.05, 0.1) is 29.8 Å². The monoisotopic (exact) mass is 395 g/mol. The van der Waals surface area contributed by atoms with Gasteiger partial charge in [-0.05, 0) is 38.8 Å². The standard InChI is InChI=1S/C20H24F3N3O2/c1-12(2)25-19(27)14-8-13-9-16(28-3)10-17(18(13)24-11-14)26-6-4-15(5-7-26)20(21,22)23/h8-12,15H,4-7H2,1-3H3,(H,25,27). The van der Waals surface area contributed by atoms with Crippen LogP contribution >= 0.6 is 0 Å². The second-order valence-electron chi connectivity index (χ2n) is 7.37. The van der Waals surface area contributed by atoms with Gasteiger partial charge >= 0.3 is 6.18 Å². The van der Waals surface area contributed by atoms with Crippen molar-refractivity contribution >= 4 is 22.5 Å². The highest BCUT2D eigenvalue weighted by molar-refractivity contribution is 6.00.